The zero-order valence-corrected chi connectivity index (χ0v) is 19.6. The molecule has 0 aliphatic rings. The van der Waals surface area contributed by atoms with Crippen molar-refractivity contribution in [1.82, 2.24) is 0 Å². The van der Waals surface area contributed by atoms with Gasteiger partial charge in [-0.15, -0.1) is 0 Å². The summed E-state index contributed by atoms with van der Waals surface area (Å²) in [5, 5.41) is 0. The van der Waals surface area contributed by atoms with Crippen molar-refractivity contribution in [2.24, 2.45) is 0 Å². The molecule has 0 unspecified atom stereocenters. The fraction of sp³-hybridized carbons (Fsp3) is 0.739. The van der Waals surface area contributed by atoms with Gasteiger partial charge < -0.3 is 5.48 Å². The minimum Gasteiger partial charge on any atom is -0.412 e. The van der Waals surface area contributed by atoms with E-state index in [2.05, 4.69) is 37.3 Å². The molecular formula is C23H43OSb. The molecule has 146 valence electrons. The molecule has 0 saturated heterocycles. The van der Waals surface area contributed by atoms with E-state index in [-0.39, 0.29) is 27.1 Å². The van der Waals surface area contributed by atoms with Gasteiger partial charge in [0.1, 0.15) is 0 Å². The van der Waals surface area contributed by atoms with Crippen LogP contribution >= 0.6 is 0 Å². The quantitative estimate of drug-likeness (QED) is 0.183. The number of rotatable bonds is 17. The minimum atomic E-state index is -0.000401. The van der Waals surface area contributed by atoms with Crippen LogP contribution in [0.1, 0.15) is 96.0 Å². The molecule has 0 amide bonds. The van der Waals surface area contributed by atoms with Crippen molar-refractivity contribution in [3.05, 3.63) is 35.9 Å². The smallest absolute Gasteiger partial charge is 0.412 e. The van der Waals surface area contributed by atoms with Crippen molar-refractivity contribution < 1.29 is 5.48 Å². The van der Waals surface area contributed by atoms with E-state index in [0.29, 0.717) is 0 Å². The Labute approximate surface area is 168 Å². The van der Waals surface area contributed by atoms with E-state index in [9.17, 15) is 0 Å². The second kappa shape index (κ2) is 20.3. The van der Waals surface area contributed by atoms with Gasteiger partial charge in [-0.05, 0) is 0 Å². The van der Waals surface area contributed by atoms with Crippen molar-refractivity contribution in [2.75, 3.05) is 0 Å². The topological polar surface area (TPSA) is 31.5 Å². The molecule has 0 fully saturated rings. The first-order valence-electron chi connectivity index (χ1n) is 10.7. The summed E-state index contributed by atoms with van der Waals surface area (Å²) in [4.78, 5) is 0. The molecule has 0 bridgehead atoms. The molecule has 1 rings (SSSR count). The molecule has 0 heterocycles. The largest absolute Gasteiger partial charge is 0.412 e. The minimum absolute atomic E-state index is 0. The Morgan fingerprint density at radius 3 is 1.64 bits per heavy atom. The maximum Gasteiger partial charge on any atom is -0.412 e. The fourth-order valence-corrected chi connectivity index (χ4v) is 6.83. The Balaban J connectivity index is 0.00000576. The van der Waals surface area contributed by atoms with Gasteiger partial charge in [0.2, 0.25) is 0 Å². The van der Waals surface area contributed by atoms with Gasteiger partial charge in [0, 0.05) is 0 Å². The summed E-state index contributed by atoms with van der Waals surface area (Å²) in [5.74, 6) is 0. The third kappa shape index (κ3) is 17.2. The average molecular weight is 457 g/mol. The predicted molar refractivity (Wildman–Crippen MR) is 116 cm³/mol. The zero-order chi connectivity index (χ0) is 17.1. The van der Waals surface area contributed by atoms with Crippen LogP contribution in [-0.4, -0.2) is 27.1 Å². The Morgan fingerprint density at radius 2 is 1.08 bits per heavy atom. The van der Waals surface area contributed by atoms with Crippen LogP contribution in [0.4, 0.5) is 0 Å². The van der Waals surface area contributed by atoms with E-state index in [1.54, 1.807) is 15.2 Å². The van der Waals surface area contributed by atoms with Gasteiger partial charge in [0.25, 0.3) is 0 Å². The molecule has 0 aliphatic heterocycles. The van der Waals surface area contributed by atoms with Crippen LogP contribution in [0.3, 0.4) is 0 Å². The van der Waals surface area contributed by atoms with Crippen molar-refractivity contribution in [3.8, 4) is 0 Å². The normalized spacial score (nSPS) is 10.6. The maximum absolute atomic E-state index is 2.30. The zero-order valence-electron chi connectivity index (χ0n) is 16.7. The summed E-state index contributed by atoms with van der Waals surface area (Å²) in [6.07, 6.45) is 20.4. The third-order valence-corrected chi connectivity index (χ3v) is 8.91. The Kier molecular flexibility index (Phi) is 20.3. The van der Waals surface area contributed by atoms with Crippen LogP contribution in [-0.2, 0) is 6.42 Å². The molecule has 0 radical (unpaired) electrons. The number of hydrogen-bond acceptors (Lipinski definition) is 0. The van der Waals surface area contributed by atoms with Crippen LogP contribution in [0.15, 0.2) is 30.3 Å². The first-order chi connectivity index (χ1) is 11.9. The molecule has 0 saturated carbocycles. The van der Waals surface area contributed by atoms with Crippen molar-refractivity contribution in [3.63, 3.8) is 0 Å². The van der Waals surface area contributed by atoms with Gasteiger partial charge >= 0.3 is 163 Å². The number of aryl methyl sites for hydroxylation is 1. The number of unbranched alkanes of at least 4 members (excludes halogenated alkanes) is 11. The molecule has 1 aromatic carbocycles. The predicted octanol–water partition coefficient (Wildman–Crippen LogP) is 6.77. The standard InChI is InChI=1S/C12H25.C11H15.H2O.Sb.H/c1-3-5-7-9-11-12-10-8-6-4-2;1-2-3-5-8-11-9-6-4-7-10-11;;;/h1,3-12H2,2H3;4,6-7,9-10H,1-3,5,8H2;1H2;;. The Bertz CT molecular complexity index is 352. The molecule has 1 nitrogen and oxygen atoms in total. The van der Waals surface area contributed by atoms with Crippen LogP contribution in [0.2, 0.25) is 8.73 Å². The van der Waals surface area contributed by atoms with Gasteiger partial charge in [-0.1, -0.05) is 0 Å². The van der Waals surface area contributed by atoms with E-state index < -0.39 is 0 Å². The number of hydrogen-bond donors (Lipinski definition) is 0. The van der Waals surface area contributed by atoms with Crippen molar-refractivity contribution >= 4 is 21.6 Å². The SMILES string of the molecule is CCCCCCCCCCC[CH2][SbH][CH2]CCCCc1ccccc1.O. The van der Waals surface area contributed by atoms with Gasteiger partial charge in [0.05, 0.1) is 0 Å². The third-order valence-electron chi connectivity index (χ3n) is 4.87. The molecule has 2 heteroatoms. The van der Waals surface area contributed by atoms with Crippen LogP contribution < -0.4 is 0 Å². The summed E-state index contributed by atoms with van der Waals surface area (Å²) in [7, 11) is 0. The summed E-state index contributed by atoms with van der Waals surface area (Å²) in [6, 6.07) is 11.0. The molecule has 0 spiro atoms. The Morgan fingerprint density at radius 1 is 0.600 bits per heavy atom. The van der Waals surface area contributed by atoms with E-state index in [1.165, 1.54) is 89.0 Å². The molecule has 0 aromatic heterocycles. The summed E-state index contributed by atoms with van der Waals surface area (Å²) < 4.78 is 3.26. The molecular weight excluding hydrogens is 414 g/mol. The molecule has 0 aliphatic carbocycles. The van der Waals surface area contributed by atoms with Crippen LogP contribution in [0, 0.1) is 0 Å². The van der Waals surface area contributed by atoms with Crippen molar-refractivity contribution in [2.45, 2.75) is 106 Å². The maximum atomic E-state index is 2.30. The summed E-state index contributed by atoms with van der Waals surface area (Å²) in [6.45, 7) is 2.30. The summed E-state index contributed by atoms with van der Waals surface area (Å²) >= 11 is -0.000401. The average Bonchev–Trinajstić information content (AvgIpc) is 2.62. The summed E-state index contributed by atoms with van der Waals surface area (Å²) in [5.41, 5.74) is 1.52. The van der Waals surface area contributed by atoms with Crippen LogP contribution in [0.5, 0.6) is 0 Å². The monoisotopic (exact) mass is 456 g/mol. The van der Waals surface area contributed by atoms with Gasteiger partial charge in [0.15, 0.2) is 0 Å². The molecule has 2 N–H and O–H groups in total. The second-order valence-corrected chi connectivity index (χ2v) is 11.5. The van der Waals surface area contributed by atoms with Gasteiger partial charge in [-0.3, -0.25) is 0 Å². The van der Waals surface area contributed by atoms with E-state index in [1.807, 2.05) is 0 Å². The fourth-order valence-electron chi connectivity index (χ4n) is 3.26. The van der Waals surface area contributed by atoms with Crippen LogP contribution in [0.25, 0.3) is 0 Å². The van der Waals surface area contributed by atoms with E-state index >= 15 is 0 Å². The molecule has 0 atom stereocenters. The second-order valence-electron chi connectivity index (χ2n) is 7.23. The Hall–Kier alpha value is -0.00182. The van der Waals surface area contributed by atoms with Gasteiger partial charge in [-0.25, -0.2) is 0 Å². The van der Waals surface area contributed by atoms with Gasteiger partial charge in [-0.2, -0.15) is 0 Å². The van der Waals surface area contributed by atoms with E-state index in [0.717, 1.165) is 0 Å². The number of benzene rings is 1. The van der Waals surface area contributed by atoms with Crippen molar-refractivity contribution in [1.29, 1.82) is 0 Å². The first kappa shape index (κ1) is 25.0. The van der Waals surface area contributed by atoms with E-state index in [4.69, 9.17) is 0 Å². The first-order valence-corrected chi connectivity index (χ1v) is 14.7. The molecule has 25 heavy (non-hydrogen) atoms. The molecule has 1 aromatic rings.